The van der Waals surface area contributed by atoms with Crippen LogP contribution in [0.15, 0.2) is 4.52 Å². The van der Waals surface area contributed by atoms with Crippen molar-refractivity contribution in [3.63, 3.8) is 0 Å². The number of likely N-dealkylation sites (tertiary alicyclic amines) is 1. The zero-order valence-electron chi connectivity index (χ0n) is 9.22. The minimum absolute atomic E-state index is 0.0346. The summed E-state index contributed by atoms with van der Waals surface area (Å²) < 4.78 is 4.92. The third-order valence-corrected chi connectivity index (χ3v) is 2.64. The van der Waals surface area contributed by atoms with Crippen LogP contribution in [0.3, 0.4) is 0 Å². The maximum Gasteiger partial charge on any atom is 0.227 e. The molecule has 1 N–H and O–H groups in total. The lowest BCUT2D eigenvalue weighted by atomic mass is 10.3. The third-order valence-electron chi connectivity index (χ3n) is 2.64. The number of β-amino-alcohol motifs (C(OH)–C–C–N with tert-alkyl or cyclic N) is 1. The molecule has 0 spiro atoms. The molecule has 0 aromatic carbocycles. The summed E-state index contributed by atoms with van der Waals surface area (Å²) in [5, 5.41) is 13.0. The van der Waals surface area contributed by atoms with Crippen molar-refractivity contribution in [3.05, 3.63) is 11.7 Å². The highest BCUT2D eigenvalue weighted by atomic mass is 16.5. The van der Waals surface area contributed by atoms with Crippen LogP contribution in [0.5, 0.6) is 0 Å². The summed E-state index contributed by atoms with van der Waals surface area (Å²) in [6, 6.07) is 0. The first-order chi connectivity index (χ1) is 7.65. The highest BCUT2D eigenvalue weighted by molar-refractivity contribution is 5.76. The molecule has 0 radical (unpaired) electrons. The number of nitrogens with zero attached hydrogens (tertiary/aromatic N) is 3. The Bertz CT molecular complexity index is 377. The van der Waals surface area contributed by atoms with Gasteiger partial charge in [0.1, 0.15) is 0 Å². The molecule has 16 heavy (non-hydrogen) atoms. The quantitative estimate of drug-likeness (QED) is 0.777. The molecular weight excluding hydrogens is 210 g/mol. The molecule has 0 saturated carbocycles. The molecule has 1 aliphatic rings. The van der Waals surface area contributed by atoms with Crippen molar-refractivity contribution >= 4 is 5.91 Å². The number of amides is 1. The normalized spacial score (nSPS) is 20.4. The van der Waals surface area contributed by atoms with E-state index < -0.39 is 0 Å². The van der Waals surface area contributed by atoms with Crippen LogP contribution in [-0.2, 0) is 11.2 Å². The number of carbonyl (C=O) groups is 1. The SMILES string of the molecule is Cc1noc(CCC(=O)N2CCC(O)C2)n1. The van der Waals surface area contributed by atoms with Gasteiger partial charge in [0, 0.05) is 25.9 Å². The molecule has 6 nitrogen and oxygen atoms in total. The number of hydrogen-bond donors (Lipinski definition) is 1. The second-order valence-corrected chi connectivity index (χ2v) is 4.02. The van der Waals surface area contributed by atoms with Crippen LogP contribution >= 0.6 is 0 Å². The van der Waals surface area contributed by atoms with Gasteiger partial charge in [-0.1, -0.05) is 5.16 Å². The van der Waals surface area contributed by atoms with Crippen molar-refractivity contribution in [1.82, 2.24) is 15.0 Å². The predicted octanol–water partition coefficient (Wildman–Crippen LogP) is -0.0962. The molecule has 1 saturated heterocycles. The van der Waals surface area contributed by atoms with Crippen molar-refractivity contribution in [2.24, 2.45) is 0 Å². The van der Waals surface area contributed by atoms with Gasteiger partial charge in [-0.2, -0.15) is 4.98 Å². The summed E-state index contributed by atoms with van der Waals surface area (Å²) in [5.41, 5.74) is 0. The lowest BCUT2D eigenvalue weighted by Gasteiger charge is -2.14. The van der Waals surface area contributed by atoms with Crippen LogP contribution in [0.1, 0.15) is 24.6 Å². The molecule has 0 bridgehead atoms. The van der Waals surface area contributed by atoms with Crippen molar-refractivity contribution in [1.29, 1.82) is 0 Å². The Morgan fingerprint density at radius 1 is 1.69 bits per heavy atom. The molecule has 1 fully saturated rings. The van der Waals surface area contributed by atoms with Crippen molar-refractivity contribution in [2.75, 3.05) is 13.1 Å². The second-order valence-electron chi connectivity index (χ2n) is 4.02. The Kier molecular flexibility index (Phi) is 3.19. The van der Waals surface area contributed by atoms with E-state index in [2.05, 4.69) is 10.1 Å². The number of hydrogen-bond acceptors (Lipinski definition) is 5. The van der Waals surface area contributed by atoms with E-state index in [1.54, 1.807) is 11.8 Å². The molecule has 1 amide bonds. The molecule has 6 heteroatoms. The van der Waals surface area contributed by atoms with E-state index in [-0.39, 0.29) is 12.0 Å². The predicted molar refractivity (Wildman–Crippen MR) is 54.6 cm³/mol. The van der Waals surface area contributed by atoms with Crippen LogP contribution < -0.4 is 0 Å². The lowest BCUT2D eigenvalue weighted by molar-refractivity contribution is -0.130. The van der Waals surface area contributed by atoms with Crippen LogP contribution in [-0.4, -0.2) is 45.2 Å². The van der Waals surface area contributed by atoms with E-state index in [9.17, 15) is 9.90 Å². The molecule has 1 atom stereocenters. The third kappa shape index (κ3) is 2.57. The molecule has 2 heterocycles. The fraction of sp³-hybridized carbons (Fsp3) is 0.700. The molecule has 1 aromatic rings. The first kappa shape index (κ1) is 11.1. The molecular formula is C10H15N3O3. The zero-order chi connectivity index (χ0) is 11.5. The molecule has 88 valence electrons. The highest BCUT2D eigenvalue weighted by Gasteiger charge is 2.24. The summed E-state index contributed by atoms with van der Waals surface area (Å²) >= 11 is 0. The fourth-order valence-electron chi connectivity index (χ4n) is 1.78. The monoisotopic (exact) mass is 225 g/mol. The van der Waals surface area contributed by atoms with Gasteiger partial charge in [0.25, 0.3) is 0 Å². The number of aryl methyl sites for hydroxylation is 2. The van der Waals surface area contributed by atoms with E-state index in [0.29, 0.717) is 44.1 Å². The van der Waals surface area contributed by atoms with E-state index in [4.69, 9.17) is 4.52 Å². The molecule has 1 aromatic heterocycles. The Morgan fingerprint density at radius 2 is 2.50 bits per heavy atom. The molecule has 2 rings (SSSR count). The van der Waals surface area contributed by atoms with Crippen LogP contribution in [0.4, 0.5) is 0 Å². The van der Waals surface area contributed by atoms with E-state index in [1.807, 2.05) is 0 Å². The average Bonchev–Trinajstić information content (AvgIpc) is 2.84. The average molecular weight is 225 g/mol. The second kappa shape index (κ2) is 4.61. The van der Waals surface area contributed by atoms with Gasteiger partial charge in [-0.25, -0.2) is 0 Å². The summed E-state index contributed by atoms with van der Waals surface area (Å²) in [5.74, 6) is 1.11. The molecule has 0 aliphatic carbocycles. The van der Waals surface area contributed by atoms with E-state index in [0.717, 1.165) is 0 Å². The number of aliphatic hydroxyl groups excluding tert-OH is 1. The maximum atomic E-state index is 11.7. The van der Waals surface area contributed by atoms with Gasteiger partial charge < -0.3 is 14.5 Å². The summed E-state index contributed by atoms with van der Waals surface area (Å²) in [6.45, 7) is 2.83. The van der Waals surface area contributed by atoms with Crippen LogP contribution in [0, 0.1) is 6.92 Å². The Morgan fingerprint density at radius 3 is 3.06 bits per heavy atom. The standard InChI is InChI=1S/C10H15N3O3/c1-7-11-9(16-12-7)2-3-10(15)13-5-4-8(14)6-13/h8,14H,2-6H2,1H3. The van der Waals surface area contributed by atoms with E-state index >= 15 is 0 Å². The minimum Gasteiger partial charge on any atom is -0.391 e. The Hall–Kier alpha value is -1.43. The van der Waals surface area contributed by atoms with Gasteiger partial charge >= 0.3 is 0 Å². The van der Waals surface area contributed by atoms with Crippen molar-refractivity contribution in [3.8, 4) is 0 Å². The highest BCUT2D eigenvalue weighted by Crippen LogP contribution is 2.11. The minimum atomic E-state index is -0.366. The van der Waals surface area contributed by atoms with Crippen LogP contribution in [0.25, 0.3) is 0 Å². The topological polar surface area (TPSA) is 79.5 Å². The maximum absolute atomic E-state index is 11.7. The van der Waals surface area contributed by atoms with Gasteiger partial charge in [0.2, 0.25) is 11.8 Å². The van der Waals surface area contributed by atoms with Crippen molar-refractivity contribution < 1.29 is 14.4 Å². The number of aromatic nitrogens is 2. The Balaban J connectivity index is 1.80. The Labute approximate surface area is 93.2 Å². The largest absolute Gasteiger partial charge is 0.391 e. The summed E-state index contributed by atoms with van der Waals surface area (Å²) in [7, 11) is 0. The first-order valence-electron chi connectivity index (χ1n) is 5.40. The fourth-order valence-corrected chi connectivity index (χ4v) is 1.78. The van der Waals surface area contributed by atoms with Gasteiger partial charge in [-0.15, -0.1) is 0 Å². The number of aliphatic hydroxyl groups is 1. The zero-order valence-corrected chi connectivity index (χ0v) is 9.22. The summed E-state index contributed by atoms with van der Waals surface area (Å²) in [6.07, 6.45) is 1.13. The molecule has 1 unspecified atom stereocenters. The lowest BCUT2D eigenvalue weighted by Crippen LogP contribution is -2.29. The summed E-state index contributed by atoms with van der Waals surface area (Å²) in [4.78, 5) is 17.4. The van der Waals surface area contributed by atoms with E-state index in [1.165, 1.54) is 0 Å². The smallest absolute Gasteiger partial charge is 0.227 e. The van der Waals surface area contributed by atoms with Gasteiger partial charge in [0.05, 0.1) is 6.10 Å². The van der Waals surface area contributed by atoms with Crippen LogP contribution in [0.2, 0.25) is 0 Å². The van der Waals surface area contributed by atoms with Crippen molar-refractivity contribution in [2.45, 2.75) is 32.3 Å². The van der Waals surface area contributed by atoms with Gasteiger partial charge in [-0.05, 0) is 13.3 Å². The number of carbonyl (C=O) groups excluding carboxylic acids is 1. The first-order valence-corrected chi connectivity index (χ1v) is 5.40. The van der Waals surface area contributed by atoms with Gasteiger partial charge in [0.15, 0.2) is 5.82 Å². The molecule has 1 aliphatic heterocycles. The number of rotatable bonds is 3. The van der Waals surface area contributed by atoms with Gasteiger partial charge in [-0.3, -0.25) is 4.79 Å².